The second-order valence-corrected chi connectivity index (χ2v) is 6.71. The van der Waals surface area contributed by atoms with E-state index in [4.69, 9.17) is 11.6 Å². The van der Waals surface area contributed by atoms with Crippen LogP contribution in [0.15, 0.2) is 67.1 Å². The van der Waals surface area contributed by atoms with Gasteiger partial charge in [-0.3, -0.25) is 9.36 Å². The van der Waals surface area contributed by atoms with E-state index < -0.39 is 0 Å². The Labute approximate surface area is 161 Å². The lowest BCUT2D eigenvalue weighted by atomic mass is 10.1. The van der Waals surface area contributed by atoms with E-state index in [9.17, 15) is 4.79 Å². The van der Waals surface area contributed by atoms with Gasteiger partial charge in [0.15, 0.2) is 5.65 Å². The number of nitrogens with zero attached hydrogens (tertiary/aromatic N) is 3. The van der Waals surface area contributed by atoms with Crippen LogP contribution in [0, 0.1) is 6.92 Å². The van der Waals surface area contributed by atoms with Gasteiger partial charge in [-0.1, -0.05) is 29.8 Å². The van der Waals surface area contributed by atoms with Crippen molar-refractivity contribution in [3.63, 3.8) is 0 Å². The van der Waals surface area contributed by atoms with Gasteiger partial charge in [-0.15, -0.1) is 0 Å². The molecule has 4 aromatic rings. The Balaban J connectivity index is 1.60. The third-order valence-electron chi connectivity index (χ3n) is 4.40. The van der Waals surface area contributed by atoms with Crippen LogP contribution in [0.1, 0.15) is 21.5 Å². The van der Waals surface area contributed by atoms with Crippen molar-refractivity contribution >= 4 is 28.7 Å². The number of rotatable bonds is 4. The fraction of sp³-hybridized carbons (Fsp3) is 0.0952. The minimum absolute atomic E-state index is 0.136. The van der Waals surface area contributed by atoms with Crippen molar-refractivity contribution in [2.45, 2.75) is 13.5 Å². The molecule has 4 rings (SSSR count). The summed E-state index contributed by atoms with van der Waals surface area (Å²) in [4.78, 5) is 21.4. The van der Waals surface area contributed by atoms with Crippen molar-refractivity contribution in [2.24, 2.45) is 0 Å². The van der Waals surface area contributed by atoms with Crippen LogP contribution in [-0.2, 0) is 6.54 Å². The Kier molecular flexibility index (Phi) is 4.60. The predicted octanol–water partition coefficient (Wildman–Crippen LogP) is 4.31. The van der Waals surface area contributed by atoms with Crippen molar-refractivity contribution in [1.82, 2.24) is 19.9 Å². The smallest absolute Gasteiger partial charge is 0.251 e. The zero-order valence-electron chi connectivity index (χ0n) is 14.7. The lowest BCUT2D eigenvalue weighted by Gasteiger charge is -2.11. The molecular weight excluding hydrogens is 360 g/mol. The second-order valence-electron chi connectivity index (χ2n) is 6.27. The van der Waals surface area contributed by atoms with Crippen molar-refractivity contribution < 1.29 is 4.79 Å². The third kappa shape index (κ3) is 3.55. The van der Waals surface area contributed by atoms with Gasteiger partial charge in [-0.05, 0) is 54.4 Å². The third-order valence-corrected chi connectivity index (χ3v) is 4.66. The number of pyridine rings is 1. The van der Waals surface area contributed by atoms with E-state index in [0.29, 0.717) is 17.1 Å². The Hall–Kier alpha value is -3.18. The molecule has 0 saturated carbocycles. The van der Waals surface area contributed by atoms with Gasteiger partial charge in [0, 0.05) is 23.3 Å². The van der Waals surface area contributed by atoms with E-state index in [2.05, 4.69) is 15.3 Å². The van der Waals surface area contributed by atoms with Crippen molar-refractivity contribution in [2.75, 3.05) is 0 Å². The molecule has 0 atom stereocenters. The zero-order chi connectivity index (χ0) is 18.8. The molecule has 1 N–H and O–H groups in total. The van der Waals surface area contributed by atoms with Gasteiger partial charge in [0.05, 0.1) is 5.69 Å². The van der Waals surface area contributed by atoms with E-state index in [0.717, 1.165) is 28.0 Å². The molecule has 2 heterocycles. The molecule has 2 aromatic heterocycles. The highest BCUT2D eigenvalue weighted by atomic mass is 35.5. The van der Waals surface area contributed by atoms with Crippen molar-refractivity contribution in [1.29, 1.82) is 0 Å². The van der Waals surface area contributed by atoms with Gasteiger partial charge in [0.25, 0.3) is 5.91 Å². The molecule has 0 fully saturated rings. The summed E-state index contributed by atoms with van der Waals surface area (Å²) in [5.41, 5.74) is 5.07. The van der Waals surface area contributed by atoms with E-state index >= 15 is 0 Å². The molecule has 0 aliphatic heterocycles. The summed E-state index contributed by atoms with van der Waals surface area (Å²) in [5.74, 6) is -0.136. The number of imidazole rings is 1. The first kappa shape index (κ1) is 17.2. The number of amides is 1. The maximum absolute atomic E-state index is 12.6. The maximum atomic E-state index is 12.6. The fourth-order valence-corrected chi connectivity index (χ4v) is 3.05. The molecule has 27 heavy (non-hydrogen) atoms. The first-order chi connectivity index (χ1) is 13.1. The Morgan fingerprint density at radius 3 is 2.74 bits per heavy atom. The van der Waals surface area contributed by atoms with E-state index in [1.807, 2.05) is 66.1 Å². The number of hydrogen-bond acceptors (Lipinski definition) is 3. The minimum atomic E-state index is -0.136. The Bertz CT molecular complexity index is 1120. The molecule has 1 amide bonds. The first-order valence-electron chi connectivity index (χ1n) is 8.53. The van der Waals surface area contributed by atoms with Crippen LogP contribution >= 0.6 is 11.6 Å². The van der Waals surface area contributed by atoms with Crippen LogP contribution in [0.5, 0.6) is 0 Å². The normalized spacial score (nSPS) is 10.9. The maximum Gasteiger partial charge on any atom is 0.251 e. The largest absolute Gasteiger partial charge is 0.348 e. The molecule has 0 bridgehead atoms. The summed E-state index contributed by atoms with van der Waals surface area (Å²) in [6.07, 6.45) is 3.47. The average Bonchev–Trinajstić information content (AvgIpc) is 3.12. The lowest BCUT2D eigenvalue weighted by molar-refractivity contribution is 0.0951. The molecule has 0 unspecified atom stereocenters. The number of aromatic nitrogens is 3. The minimum Gasteiger partial charge on any atom is -0.348 e. The molecule has 134 valence electrons. The van der Waals surface area contributed by atoms with Crippen LogP contribution in [0.25, 0.3) is 16.9 Å². The van der Waals surface area contributed by atoms with Gasteiger partial charge < -0.3 is 5.32 Å². The molecule has 0 aliphatic rings. The van der Waals surface area contributed by atoms with E-state index in [1.54, 1.807) is 12.5 Å². The predicted molar refractivity (Wildman–Crippen MR) is 106 cm³/mol. The number of halogens is 1. The van der Waals surface area contributed by atoms with E-state index in [1.165, 1.54) is 0 Å². The van der Waals surface area contributed by atoms with E-state index in [-0.39, 0.29) is 5.91 Å². The van der Waals surface area contributed by atoms with Gasteiger partial charge >= 0.3 is 0 Å². The molecular formula is C21H17ClN4O. The SMILES string of the molecule is Cc1ccc(C(=O)NCc2ccc(Cl)cc2)cc1-n1cnc2cccnc21. The number of hydrogen-bond donors (Lipinski definition) is 1. The van der Waals surface area contributed by atoms with Gasteiger partial charge in [0.2, 0.25) is 0 Å². The number of carbonyl (C=O) groups excluding carboxylic acids is 1. The van der Waals surface area contributed by atoms with Crippen LogP contribution in [0.3, 0.4) is 0 Å². The van der Waals surface area contributed by atoms with Crippen LogP contribution < -0.4 is 5.32 Å². The molecule has 5 nitrogen and oxygen atoms in total. The van der Waals surface area contributed by atoms with Crippen LogP contribution in [0.2, 0.25) is 5.02 Å². The highest BCUT2D eigenvalue weighted by Gasteiger charge is 2.12. The lowest BCUT2D eigenvalue weighted by Crippen LogP contribution is -2.23. The average molecular weight is 377 g/mol. The van der Waals surface area contributed by atoms with Crippen molar-refractivity contribution in [3.05, 3.63) is 88.8 Å². The number of benzene rings is 2. The summed E-state index contributed by atoms with van der Waals surface area (Å²) in [7, 11) is 0. The van der Waals surface area contributed by atoms with Gasteiger partial charge in [-0.2, -0.15) is 0 Å². The first-order valence-corrected chi connectivity index (χ1v) is 8.91. The molecule has 0 spiro atoms. The zero-order valence-corrected chi connectivity index (χ0v) is 15.4. The summed E-state index contributed by atoms with van der Waals surface area (Å²) < 4.78 is 1.90. The quantitative estimate of drug-likeness (QED) is 0.577. The topological polar surface area (TPSA) is 59.8 Å². The fourth-order valence-electron chi connectivity index (χ4n) is 2.92. The van der Waals surface area contributed by atoms with Gasteiger partial charge in [-0.25, -0.2) is 9.97 Å². The molecule has 6 heteroatoms. The second kappa shape index (κ2) is 7.21. The molecule has 0 saturated heterocycles. The summed E-state index contributed by atoms with van der Waals surface area (Å²) in [6.45, 7) is 2.44. The van der Waals surface area contributed by atoms with Gasteiger partial charge in [0.1, 0.15) is 11.8 Å². The number of aryl methyl sites for hydroxylation is 1. The highest BCUT2D eigenvalue weighted by molar-refractivity contribution is 6.30. The Morgan fingerprint density at radius 1 is 1.11 bits per heavy atom. The molecule has 0 aliphatic carbocycles. The van der Waals surface area contributed by atoms with Crippen molar-refractivity contribution in [3.8, 4) is 5.69 Å². The standard InChI is InChI=1S/C21H17ClN4O/c1-14-4-7-16(21(27)24-12-15-5-8-17(22)9-6-15)11-19(14)26-13-25-18-3-2-10-23-20(18)26/h2-11,13H,12H2,1H3,(H,24,27). The highest BCUT2D eigenvalue weighted by Crippen LogP contribution is 2.21. The van der Waals surface area contributed by atoms with Crippen LogP contribution in [0.4, 0.5) is 0 Å². The number of fused-ring (bicyclic) bond motifs is 1. The summed E-state index contributed by atoms with van der Waals surface area (Å²) in [6, 6.07) is 16.8. The molecule has 2 aromatic carbocycles. The number of carbonyl (C=O) groups is 1. The summed E-state index contributed by atoms with van der Waals surface area (Å²) >= 11 is 5.89. The monoisotopic (exact) mass is 376 g/mol. The van der Waals surface area contributed by atoms with Crippen LogP contribution in [-0.4, -0.2) is 20.4 Å². The Morgan fingerprint density at radius 2 is 1.93 bits per heavy atom. The number of nitrogens with one attached hydrogen (secondary N) is 1. The summed E-state index contributed by atoms with van der Waals surface area (Å²) in [5, 5.41) is 3.62. The molecule has 0 radical (unpaired) electrons.